The number of carbonyl (C=O) groups is 2. The second kappa shape index (κ2) is 10.8. The minimum absolute atomic E-state index is 0.0420. The number of anilines is 1. The van der Waals surface area contributed by atoms with E-state index >= 15 is 0 Å². The molecule has 0 unspecified atom stereocenters. The molecule has 0 saturated heterocycles. The number of nitrogens with one attached hydrogen (secondary N) is 2. The third-order valence-corrected chi connectivity index (χ3v) is 5.63. The Morgan fingerprint density at radius 1 is 1.00 bits per heavy atom. The first-order valence-corrected chi connectivity index (χ1v) is 10.8. The maximum absolute atomic E-state index is 12.2. The van der Waals surface area contributed by atoms with Crippen LogP contribution in [-0.2, 0) is 15.3 Å². The molecule has 2 N–H and O–H groups in total. The Bertz CT molecular complexity index is 755. The molecule has 148 valence electrons. The van der Waals surface area contributed by atoms with Gasteiger partial charge >= 0.3 is 6.09 Å². The lowest BCUT2D eigenvalue weighted by molar-refractivity contribution is -0.119. The van der Waals surface area contributed by atoms with Crippen LogP contribution in [0.3, 0.4) is 0 Å². The Balaban J connectivity index is 1.37. The van der Waals surface area contributed by atoms with E-state index in [0.29, 0.717) is 17.9 Å². The number of thioether (sulfide) groups is 1. The first-order valence-electron chi connectivity index (χ1n) is 9.63. The van der Waals surface area contributed by atoms with Gasteiger partial charge in [0.25, 0.3) is 0 Å². The second-order valence-corrected chi connectivity index (χ2v) is 7.91. The Morgan fingerprint density at radius 2 is 1.71 bits per heavy atom. The molecule has 28 heavy (non-hydrogen) atoms. The van der Waals surface area contributed by atoms with Crippen LogP contribution in [-0.4, -0.2) is 29.9 Å². The lowest BCUT2D eigenvalue weighted by Crippen LogP contribution is -2.42. The fourth-order valence-corrected chi connectivity index (χ4v) is 4.11. The number of rotatable bonds is 7. The zero-order valence-corrected chi connectivity index (χ0v) is 16.6. The third kappa shape index (κ3) is 6.93. The van der Waals surface area contributed by atoms with Gasteiger partial charge < -0.3 is 10.1 Å². The fourth-order valence-electron chi connectivity index (χ4n) is 3.31. The number of ether oxygens (including phenoxy) is 1. The predicted octanol–water partition coefficient (Wildman–Crippen LogP) is 4.60. The van der Waals surface area contributed by atoms with E-state index in [1.54, 1.807) is 11.8 Å². The number of carbonyl (C=O) groups excluding carboxylic acids is 2. The Labute approximate surface area is 170 Å². The van der Waals surface area contributed by atoms with Gasteiger partial charge in [-0.25, -0.2) is 4.79 Å². The van der Waals surface area contributed by atoms with Crippen molar-refractivity contribution in [3.05, 3.63) is 66.2 Å². The highest BCUT2D eigenvalue weighted by atomic mass is 32.2. The second-order valence-electron chi connectivity index (χ2n) is 6.93. The van der Waals surface area contributed by atoms with E-state index in [9.17, 15) is 9.59 Å². The number of hydrogen-bond acceptors (Lipinski definition) is 4. The van der Waals surface area contributed by atoms with E-state index in [4.69, 9.17) is 4.74 Å². The molecular formula is C22H26N2O3S. The highest BCUT2D eigenvalue weighted by Crippen LogP contribution is 2.22. The molecule has 1 aliphatic rings. The molecule has 0 radical (unpaired) electrons. The summed E-state index contributed by atoms with van der Waals surface area (Å²) < 4.78 is 5.54. The predicted molar refractivity (Wildman–Crippen MR) is 113 cm³/mol. The average molecular weight is 399 g/mol. The van der Waals surface area contributed by atoms with Crippen molar-refractivity contribution in [1.82, 2.24) is 5.32 Å². The molecule has 3 rings (SSSR count). The average Bonchev–Trinajstić information content (AvgIpc) is 2.70. The number of hydrogen-bond donors (Lipinski definition) is 2. The van der Waals surface area contributed by atoms with Crippen LogP contribution in [0, 0.1) is 0 Å². The monoisotopic (exact) mass is 398 g/mol. The minimum Gasteiger partial charge on any atom is -0.446 e. The molecule has 2 aromatic carbocycles. The van der Waals surface area contributed by atoms with Crippen LogP contribution >= 0.6 is 11.8 Å². The maximum Gasteiger partial charge on any atom is 0.411 e. The van der Waals surface area contributed by atoms with Crippen LogP contribution in [0.25, 0.3) is 0 Å². The van der Waals surface area contributed by atoms with Crippen molar-refractivity contribution in [3.63, 3.8) is 0 Å². The van der Waals surface area contributed by atoms with E-state index < -0.39 is 6.09 Å². The summed E-state index contributed by atoms with van der Waals surface area (Å²) in [7, 11) is 0. The molecule has 2 atom stereocenters. The molecule has 5 nitrogen and oxygen atoms in total. The summed E-state index contributed by atoms with van der Waals surface area (Å²) in [6.45, 7) is 0. The van der Waals surface area contributed by atoms with Crippen LogP contribution in [0.2, 0.25) is 0 Å². The number of benzene rings is 2. The van der Waals surface area contributed by atoms with Gasteiger partial charge in [-0.2, -0.15) is 0 Å². The maximum atomic E-state index is 12.2. The van der Waals surface area contributed by atoms with E-state index in [1.165, 1.54) is 5.56 Å². The molecule has 0 spiro atoms. The van der Waals surface area contributed by atoms with Gasteiger partial charge in [-0.05, 0) is 37.0 Å². The smallest absolute Gasteiger partial charge is 0.411 e. The zero-order chi connectivity index (χ0) is 19.6. The molecule has 0 heterocycles. The first kappa shape index (κ1) is 20.3. The standard InChI is InChI=1S/C22H26N2O3S/c25-21(16-28-15-17-8-3-1-4-9-17)23-19-12-7-13-20(14-19)27-22(26)24-18-10-5-2-6-11-18/h1-6,8-11,19-20H,7,12-16H2,(H,23,25)(H,24,26)/t19-,20-/m1/s1. The Kier molecular flexibility index (Phi) is 7.79. The molecule has 1 aliphatic carbocycles. The third-order valence-electron chi connectivity index (χ3n) is 4.63. The molecule has 2 aromatic rings. The van der Waals surface area contributed by atoms with E-state index in [2.05, 4.69) is 22.8 Å². The van der Waals surface area contributed by atoms with Gasteiger partial charge in [0, 0.05) is 23.9 Å². The molecule has 6 heteroatoms. The number of para-hydroxylation sites is 1. The lowest BCUT2D eigenvalue weighted by atomic mass is 9.93. The molecule has 0 aliphatic heterocycles. The van der Waals surface area contributed by atoms with Crippen molar-refractivity contribution >= 4 is 29.4 Å². The molecular weight excluding hydrogens is 372 g/mol. The van der Waals surface area contributed by atoms with E-state index in [0.717, 1.165) is 25.0 Å². The van der Waals surface area contributed by atoms with Crippen molar-refractivity contribution in [2.24, 2.45) is 0 Å². The topological polar surface area (TPSA) is 67.4 Å². The van der Waals surface area contributed by atoms with E-state index in [1.807, 2.05) is 48.5 Å². The number of amides is 2. The zero-order valence-electron chi connectivity index (χ0n) is 15.8. The largest absolute Gasteiger partial charge is 0.446 e. The van der Waals surface area contributed by atoms with Gasteiger partial charge in [-0.1, -0.05) is 48.5 Å². The highest BCUT2D eigenvalue weighted by Gasteiger charge is 2.26. The molecule has 1 fully saturated rings. The van der Waals surface area contributed by atoms with Gasteiger partial charge in [0.1, 0.15) is 6.10 Å². The summed E-state index contributed by atoms with van der Waals surface area (Å²) in [5, 5.41) is 5.82. The Morgan fingerprint density at radius 3 is 2.46 bits per heavy atom. The van der Waals surface area contributed by atoms with Gasteiger partial charge in [-0.3, -0.25) is 10.1 Å². The highest BCUT2D eigenvalue weighted by molar-refractivity contribution is 7.99. The van der Waals surface area contributed by atoms with E-state index in [-0.39, 0.29) is 18.1 Å². The van der Waals surface area contributed by atoms with Crippen LogP contribution in [0.4, 0.5) is 10.5 Å². The molecule has 0 bridgehead atoms. The van der Waals surface area contributed by atoms with Crippen LogP contribution in [0.15, 0.2) is 60.7 Å². The molecule has 0 aromatic heterocycles. The molecule has 1 saturated carbocycles. The van der Waals surface area contributed by atoms with Gasteiger partial charge in [-0.15, -0.1) is 11.8 Å². The first-order chi connectivity index (χ1) is 13.7. The minimum atomic E-state index is -0.443. The van der Waals surface area contributed by atoms with Gasteiger partial charge in [0.05, 0.1) is 5.75 Å². The quantitative estimate of drug-likeness (QED) is 0.715. The summed E-state index contributed by atoms with van der Waals surface area (Å²) >= 11 is 1.61. The summed E-state index contributed by atoms with van der Waals surface area (Å²) in [5.41, 5.74) is 1.93. The van der Waals surface area contributed by atoms with Crippen molar-refractivity contribution in [1.29, 1.82) is 0 Å². The SMILES string of the molecule is O=C(CSCc1ccccc1)N[C@@H]1CCC[C@@H](OC(=O)Nc2ccccc2)C1. The van der Waals surface area contributed by atoms with Crippen LogP contribution in [0.5, 0.6) is 0 Å². The molecule has 2 amide bonds. The summed E-state index contributed by atoms with van der Waals surface area (Å²) in [4.78, 5) is 24.3. The van der Waals surface area contributed by atoms with Crippen LogP contribution in [0.1, 0.15) is 31.2 Å². The summed E-state index contributed by atoms with van der Waals surface area (Å²) in [6.07, 6.45) is 2.75. The van der Waals surface area contributed by atoms with Crippen molar-refractivity contribution in [2.75, 3.05) is 11.1 Å². The summed E-state index contributed by atoms with van der Waals surface area (Å²) in [5.74, 6) is 1.30. The van der Waals surface area contributed by atoms with Crippen molar-refractivity contribution < 1.29 is 14.3 Å². The van der Waals surface area contributed by atoms with Crippen LogP contribution < -0.4 is 10.6 Å². The van der Waals surface area contributed by atoms with Crippen molar-refractivity contribution in [3.8, 4) is 0 Å². The fraction of sp³-hybridized carbons (Fsp3) is 0.364. The Hall–Kier alpha value is -2.47. The van der Waals surface area contributed by atoms with Gasteiger partial charge in [0.15, 0.2) is 0 Å². The van der Waals surface area contributed by atoms with Crippen molar-refractivity contribution in [2.45, 2.75) is 43.6 Å². The summed E-state index contributed by atoms with van der Waals surface area (Å²) in [6, 6.07) is 19.4. The normalized spacial score (nSPS) is 18.9. The lowest BCUT2D eigenvalue weighted by Gasteiger charge is -2.29. The van der Waals surface area contributed by atoms with Gasteiger partial charge in [0.2, 0.25) is 5.91 Å².